The number of likely N-dealkylation sites (tertiary alicyclic amines) is 1. The first-order valence-electron chi connectivity index (χ1n) is 10.0. The molecular formula is C22H27N3O4S. The van der Waals surface area contributed by atoms with E-state index in [0.29, 0.717) is 11.3 Å². The van der Waals surface area contributed by atoms with Crippen LogP contribution in [0.1, 0.15) is 40.7 Å². The molecule has 160 valence electrons. The molecule has 0 aliphatic carbocycles. The minimum atomic E-state index is -3.84. The molecule has 0 unspecified atom stereocenters. The average molecular weight is 430 g/mol. The van der Waals surface area contributed by atoms with Crippen molar-refractivity contribution in [1.82, 2.24) is 10.2 Å². The number of aryl methyl sites for hydroxylation is 2. The molecule has 0 saturated carbocycles. The highest BCUT2D eigenvalue weighted by molar-refractivity contribution is 7.92. The molecule has 7 nitrogen and oxygen atoms in total. The number of benzene rings is 2. The van der Waals surface area contributed by atoms with Crippen molar-refractivity contribution in [2.45, 2.75) is 38.0 Å². The smallest absolute Gasteiger partial charge is 0.261 e. The Hall–Kier alpha value is -2.87. The number of carbonyl (C=O) groups is 2. The Morgan fingerprint density at radius 3 is 2.47 bits per heavy atom. The van der Waals surface area contributed by atoms with Crippen LogP contribution in [-0.4, -0.2) is 44.8 Å². The summed E-state index contributed by atoms with van der Waals surface area (Å²) in [4.78, 5) is 26.5. The monoisotopic (exact) mass is 429 g/mol. The van der Waals surface area contributed by atoms with Gasteiger partial charge in [0.05, 0.1) is 4.90 Å². The van der Waals surface area contributed by atoms with Crippen LogP contribution in [0.5, 0.6) is 0 Å². The van der Waals surface area contributed by atoms with Crippen molar-refractivity contribution < 1.29 is 18.0 Å². The molecule has 2 aromatic carbocycles. The van der Waals surface area contributed by atoms with Crippen LogP contribution >= 0.6 is 0 Å². The summed E-state index contributed by atoms with van der Waals surface area (Å²) >= 11 is 0. The molecule has 1 fully saturated rings. The van der Waals surface area contributed by atoms with Crippen molar-refractivity contribution in [3.63, 3.8) is 0 Å². The summed E-state index contributed by atoms with van der Waals surface area (Å²) in [7, 11) is -3.84. The first-order valence-corrected chi connectivity index (χ1v) is 11.5. The summed E-state index contributed by atoms with van der Waals surface area (Å²) in [6, 6.07) is 11.5. The number of carbonyl (C=O) groups excluding carboxylic acids is 2. The number of hydrogen-bond acceptors (Lipinski definition) is 4. The maximum Gasteiger partial charge on any atom is 0.261 e. The van der Waals surface area contributed by atoms with Gasteiger partial charge in [-0.05, 0) is 62.1 Å². The first kappa shape index (κ1) is 21.8. The topological polar surface area (TPSA) is 95.6 Å². The number of hydrogen-bond donors (Lipinski definition) is 2. The van der Waals surface area contributed by atoms with Gasteiger partial charge < -0.3 is 10.2 Å². The van der Waals surface area contributed by atoms with Gasteiger partial charge in [0.25, 0.3) is 15.9 Å². The lowest BCUT2D eigenvalue weighted by Gasteiger charge is -2.15. The van der Waals surface area contributed by atoms with Crippen LogP contribution in [0, 0.1) is 13.8 Å². The van der Waals surface area contributed by atoms with Gasteiger partial charge in [-0.25, -0.2) is 8.42 Å². The Bertz CT molecular complexity index is 1040. The quantitative estimate of drug-likeness (QED) is 0.707. The fraction of sp³-hybridized carbons (Fsp3) is 0.364. The highest BCUT2D eigenvalue weighted by Gasteiger charge is 2.20. The first-order chi connectivity index (χ1) is 14.3. The van der Waals surface area contributed by atoms with Gasteiger partial charge in [0.1, 0.15) is 0 Å². The summed E-state index contributed by atoms with van der Waals surface area (Å²) in [5.74, 6) is -0.363. The van der Waals surface area contributed by atoms with E-state index in [2.05, 4.69) is 10.0 Å². The zero-order chi connectivity index (χ0) is 21.7. The van der Waals surface area contributed by atoms with Crippen molar-refractivity contribution in [2.75, 3.05) is 24.4 Å². The molecule has 0 spiro atoms. The predicted molar refractivity (Wildman–Crippen MR) is 116 cm³/mol. The van der Waals surface area contributed by atoms with Gasteiger partial charge in [-0.3, -0.25) is 14.3 Å². The van der Waals surface area contributed by atoms with Crippen LogP contribution in [0.2, 0.25) is 0 Å². The molecule has 3 rings (SSSR count). The predicted octanol–water partition coefficient (Wildman–Crippen LogP) is 2.85. The number of rotatable bonds is 7. The molecule has 2 N–H and O–H groups in total. The lowest BCUT2D eigenvalue weighted by molar-refractivity contribution is -0.129. The molecule has 30 heavy (non-hydrogen) atoms. The van der Waals surface area contributed by atoms with E-state index in [1.165, 1.54) is 12.1 Å². The van der Waals surface area contributed by atoms with E-state index in [1.54, 1.807) is 31.2 Å². The van der Waals surface area contributed by atoms with Crippen LogP contribution in [0.4, 0.5) is 5.69 Å². The highest BCUT2D eigenvalue weighted by Crippen LogP contribution is 2.20. The Morgan fingerprint density at radius 1 is 1.03 bits per heavy atom. The second-order valence-corrected chi connectivity index (χ2v) is 9.23. The second kappa shape index (κ2) is 9.30. The molecular weight excluding hydrogens is 402 g/mol. The average Bonchev–Trinajstić information content (AvgIpc) is 3.22. The zero-order valence-electron chi connectivity index (χ0n) is 17.3. The van der Waals surface area contributed by atoms with Crippen LogP contribution in [-0.2, 0) is 14.8 Å². The third-order valence-corrected chi connectivity index (χ3v) is 6.50. The standard InChI is InChI=1S/C22H27N3O4S/c1-16-6-5-7-18(14-16)24-30(28,29)19-9-8-17(2)20(15-19)22(27)23-11-10-21(26)25-12-3-4-13-25/h5-9,14-15,24H,3-4,10-13H2,1-2H3,(H,23,27). The van der Waals surface area contributed by atoms with Crippen molar-refractivity contribution in [2.24, 2.45) is 0 Å². The van der Waals surface area contributed by atoms with Crippen LogP contribution < -0.4 is 10.0 Å². The molecule has 1 heterocycles. The van der Waals surface area contributed by atoms with Gasteiger partial charge in [0.2, 0.25) is 5.91 Å². The van der Waals surface area contributed by atoms with Crippen molar-refractivity contribution in [1.29, 1.82) is 0 Å². The van der Waals surface area contributed by atoms with E-state index in [0.717, 1.165) is 31.5 Å². The molecule has 8 heteroatoms. The summed E-state index contributed by atoms with van der Waals surface area (Å²) in [6.07, 6.45) is 2.28. The SMILES string of the molecule is Cc1cccc(NS(=O)(=O)c2ccc(C)c(C(=O)NCCC(=O)N3CCCC3)c2)c1. The van der Waals surface area contributed by atoms with Crippen LogP contribution in [0.25, 0.3) is 0 Å². The lowest BCUT2D eigenvalue weighted by Crippen LogP contribution is -2.33. The van der Waals surface area contributed by atoms with E-state index in [-0.39, 0.29) is 29.3 Å². The summed E-state index contributed by atoms with van der Waals surface area (Å²) in [5, 5.41) is 2.73. The van der Waals surface area contributed by atoms with E-state index in [9.17, 15) is 18.0 Å². The number of sulfonamides is 1. The minimum Gasteiger partial charge on any atom is -0.352 e. The van der Waals surface area contributed by atoms with Crippen LogP contribution in [0.15, 0.2) is 47.4 Å². The molecule has 1 saturated heterocycles. The molecule has 1 aliphatic heterocycles. The van der Waals surface area contributed by atoms with Gasteiger partial charge in [-0.15, -0.1) is 0 Å². The van der Waals surface area contributed by atoms with Crippen molar-refractivity contribution in [3.05, 3.63) is 59.2 Å². The van der Waals surface area contributed by atoms with E-state index in [4.69, 9.17) is 0 Å². The number of anilines is 1. The van der Waals surface area contributed by atoms with E-state index >= 15 is 0 Å². The molecule has 2 aromatic rings. The number of amides is 2. The van der Waals surface area contributed by atoms with Gasteiger partial charge in [0, 0.05) is 37.3 Å². The third-order valence-electron chi connectivity index (χ3n) is 5.12. The molecule has 0 bridgehead atoms. The summed E-state index contributed by atoms with van der Waals surface area (Å²) < 4.78 is 28.1. The fourth-order valence-corrected chi connectivity index (χ4v) is 4.51. The number of nitrogens with zero attached hydrogens (tertiary/aromatic N) is 1. The van der Waals surface area contributed by atoms with E-state index < -0.39 is 15.9 Å². The molecule has 1 aliphatic rings. The third kappa shape index (κ3) is 5.38. The maximum atomic E-state index is 12.8. The molecule has 2 amide bonds. The van der Waals surface area contributed by atoms with Gasteiger partial charge in [0.15, 0.2) is 0 Å². The summed E-state index contributed by atoms with van der Waals surface area (Å²) in [6.45, 7) is 5.39. The van der Waals surface area contributed by atoms with Crippen LogP contribution in [0.3, 0.4) is 0 Å². The molecule has 0 atom stereocenters. The number of nitrogens with one attached hydrogen (secondary N) is 2. The second-order valence-electron chi connectivity index (χ2n) is 7.55. The minimum absolute atomic E-state index is 0.00731. The summed E-state index contributed by atoms with van der Waals surface area (Å²) in [5.41, 5.74) is 2.33. The highest BCUT2D eigenvalue weighted by atomic mass is 32.2. The zero-order valence-corrected chi connectivity index (χ0v) is 18.1. The normalized spacial score (nSPS) is 13.9. The fourth-order valence-electron chi connectivity index (χ4n) is 3.44. The Labute approximate surface area is 177 Å². The largest absolute Gasteiger partial charge is 0.352 e. The van der Waals surface area contributed by atoms with Crippen molar-refractivity contribution >= 4 is 27.5 Å². The van der Waals surface area contributed by atoms with E-state index in [1.807, 2.05) is 17.9 Å². The Morgan fingerprint density at radius 2 is 1.77 bits per heavy atom. The molecule has 0 aromatic heterocycles. The molecule has 0 radical (unpaired) electrons. The lowest BCUT2D eigenvalue weighted by atomic mass is 10.1. The van der Waals surface area contributed by atoms with Gasteiger partial charge in [-0.2, -0.15) is 0 Å². The van der Waals surface area contributed by atoms with Gasteiger partial charge >= 0.3 is 0 Å². The van der Waals surface area contributed by atoms with Crippen molar-refractivity contribution in [3.8, 4) is 0 Å². The maximum absolute atomic E-state index is 12.8. The Balaban J connectivity index is 1.67. The van der Waals surface area contributed by atoms with Gasteiger partial charge in [-0.1, -0.05) is 18.2 Å². The Kier molecular flexibility index (Phi) is 6.77.